The van der Waals surface area contributed by atoms with Crippen LogP contribution in [0.15, 0.2) is 47.5 Å². The van der Waals surface area contributed by atoms with Crippen molar-refractivity contribution in [3.63, 3.8) is 0 Å². The Morgan fingerprint density at radius 3 is 1.04 bits per heavy atom. The van der Waals surface area contributed by atoms with Crippen molar-refractivity contribution >= 4 is 11.4 Å². The van der Waals surface area contributed by atoms with Gasteiger partial charge in [0.2, 0.25) is 11.4 Å². The van der Waals surface area contributed by atoms with Crippen molar-refractivity contribution in [3.8, 4) is 11.8 Å². The number of hydrogen-bond acceptors (Lipinski definition) is 0. The molecule has 1 heterocycles. The summed E-state index contributed by atoms with van der Waals surface area (Å²) in [6.45, 7) is 25.4. The van der Waals surface area contributed by atoms with Crippen LogP contribution in [-0.2, 0) is 42.2 Å². The Bertz CT molecular complexity index is 1600. The molecule has 1 aliphatic rings. The van der Waals surface area contributed by atoms with Crippen LogP contribution in [0.4, 0.5) is 0 Å². The van der Waals surface area contributed by atoms with E-state index in [1.807, 2.05) is 0 Å². The van der Waals surface area contributed by atoms with E-state index < -0.39 is 0 Å². The number of aryl methyl sites for hydroxylation is 4. The minimum atomic E-state index is 0. The molecule has 388 valence electrons. The molecule has 0 unspecified atom stereocenters. The van der Waals surface area contributed by atoms with Crippen LogP contribution in [0.25, 0.3) is 16.9 Å². The van der Waals surface area contributed by atoms with Crippen LogP contribution in [0.2, 0.25) is 0 Å². The van der Waals surface area contributed by atoms with E-state index in [0.717, 1.165) is 93.2 Å². The fraction of sp³-hybridized carbons (Fsp3) is 0.692. The van der Waals surface area contributed by atoms with E-state index in [9.17, 15) is 5.53 Å². The molecule has 0 saturated carbocycles. The molecule has 3 rings (SSSR count). The Hall–Kier alpha value is -2.43. The molecule has 0 amide bonds. The molecule has 0 atom stereocenters. The van der Waals surface area contributed by atoms with Gasteiger partial charge in [-0.1, -0.05) is 227 Å². The minimum absolute atomic E-state index is 0. The first-order chi connectivity index (χ1) is 32.8. The second-order valence-corrected chi connectivity index (χ2v) is 19.9. The van der Waals surface area contributed by atoms with E-state index in [2.05, 4.69) is 117 Å². The van der Waals surface area contributed by atoms with Crippen LogP contribution in [0.3, 0.4) is 0 Å². The molecule has 0 radical (unpaired) electrons. The molecule has 0 aromatic heterocycles. The largest absolute Gasteiger partial charge is 2.00 e. The Morgan fingerprint density at radius 2 is 0.706 bits per heavy atom. The first-order valence-corrected chi connectivity index (χ1v) is 29.1. The number of unbranched alkanes of at least 4 members (excludes halogenated alkanes) is 24. The topological polar surface area (TPSA) is 25.3 Å². The average Bonchev–Trinajstić information content (AvgIpc) is 3.61. The second-order valence-electron chi connectivity index (χ2n) is 19.9. The number of nitrogens with zero attached hydrogens (tertiary/aromatic N) is 2. The standard InChI is InChI=1S/C55H86N2.2C5H11.Ni/c1-7-13-19-20-21-22-23-24-25-26-27-28-33-39-53-52(38-18-12-6)54(50-42-46(34-29-14-8-2)40-47(43-50)35-30-15-9-3)57(56)55(53)51-44-48(36-31-16-10-4)41-49(45-51)37-32-17-11-5;2*1-3-5-4-2;/h40-45H,7-32,34-38H2,1-6H3;2*1,3-5H2,2H3;/q;2*-1;+2. The summed E-state index contributed by atoms with van der Waals surface area (Å²) in [4.78, 5) is 0. The van der Waals surface area contributed by atoms with Crippen molar-refractivity contribution < 1.29 is 21.2 Å². The summed E-state index contributed by atoms with van der Waals surface area (Å²) in [6.07, 6.45) is 45.3. The summed E-state index contributed by atoms with van der Waals surface area (Å²) in [6, 6.07) is 14.5. The first kappa shape index (κ1) is 65.6. The molecule has 0 fully saturated rings. The minimum Gasteiger partial charge on any atom is -0.493 e. The summed E-state index contributed by atoms with van der Waals surface area (Å²) in [5, 5.41) is 0. The zero-order valence-corrected chi connectivity index (χ0v) is 47.2. The third-order valence-corrected chi connectivity index (χ3v) is 13.3. The number of benzene rings is 2. The summed E-state index contributed by atoms with van der Waals surface area (Å²) in [5.41, 5.74) is 24.8. The van der Waals surface area contributed by atoms with Gasteiger partial charge in [-0.05, 0) is 117 Å². The van der Waals surface area contributed by atoms with Crippen LogP contribution in [0.1, 0.15) is 301 Å². The van der Waals surface area contributed by atoms with Crippen LogP contribution < -0.4 is 0 Å². The van der Waals surface area contributed by atoms with Gasteiger partial charge in [0.1, 0.15) is 5.57 Å². The third kappa shape index (κ3) is 29.0. The van der Waals surface area contributed by atoms with Gasteiger partial charge < -0.3 is 19.4 Å². The number of allylic oxidation sites excluding steroid dienone is 2. The summed E-state index contributed by atoms with van der Waals surface area (Å²) in [7, 11) is 0. The van der Waals surface area contributed by atoms with E-state index in [-0.39, 0.29) is 16.5 Å². The smallest absolute Gasteiger partial charge is 0.493 e. The van der Waals surface area contributed by atoms with Gasteiger partial charge in [0, 0.05) is 23.1 Å². The van der Waals surface area contributed by atoms with Crippen molar-refractivity contribution in [2.45, 2.75) is 293 Å². The van der Waals surface area contributed by atoms with Crippen molar-refractivity contribution in [1.82, 2.24) is 0 Å². The predicted molar refractivity (Wildman–Crippen MR) is 301 cm³/mol. The van der Waals surface area contributed by atoms with Gasteiger partial charge in [-0.15, -0.1) is 0 Å². The molecule has 68 heavy (non-hydrogen) atoms. The molecule has 0 aliphatic carbocycles. The SMILES string of the molecule is CCCCCCCCCCCCCC#CC1=C(c2cc(CCCCC)cc(CCCCC)c2)[N+](=[N-])C(c2cc(CCCCC)cc(CCCCC)c2)=C1CCCC.[CH2-]CCCC.[CH2-]CCCC.[Ni+2]. The van der Waals surface area contributed by atoms with Gasteiger partial charge in [-0.2, -0.15) is 12.8 Å². The fourth-order valence-electron chi connectivity index (χ4n) is 9.12. The third-order valence-electron chi connectivity index (χ3n) is 13.3. The molecule has 2 aromatic rings. The Labute approximate surface area is 435 Å². The Morgan fingerprint density at radius 1 is 0.382 bits per heavy atom. The van der Waals surface area contributed by atoms with E-state index in [1.165, 1.54) is 200 Å². The summed E-state index contributed by atoms with van der Waals surface area (Å²) >= 11 is 0. The van der Waals surface area contributed by atoms with E-state index >= 15 is 0 Å². The molecular weight excluding hydrogens is 867 g/mol. The Kier molecular flexibility index (Phi) is 44.1. The van der Waals surface area contributed by atoms with Crippen molar-refractivity contribution in [3.05, 3.63) is 100 Å². The molecule has 0 spiro atoms. The molecule has 0 N–H and O–H groups in total. The maximum Gasteiger partial charge on any atom is 2.00 e. The van der Waals surface area contributed by atoms with Crippen molar-refractivity contribution in [1.29, 1.82) is 0 Å². The van der Waals surface area contributed by atoms with Gasteiger partial charge in [-0.25, -0.2) is 4.70 Å². The van der Waals surface area contributed by atoms with Gasteiger partial charge >= 0.3 is 16.5 Å². The number of rotatable bonds is 36. The van der Waals surface area contributed by atoms with Gasteiger partial charge in [0.05, 0.1) is 0 Å². The molecule has 0 saturated heterocycles. The van der Waals surface area contributed by atoms with Gasteiger partial charge in [0.15, 0.2) is 0 Å². The maximum atomic E-state index is 12.7. The normalized spacial score (nSPS) is 12.1. The summed E-state index contributed by atoms with van der Waals surface area (Å²) in [5.74, 6) is 7.46. The average molecular weight is 976 g/mol. The van der Waals surface area contributed by atoms with Crippen LogP contribution >= 0.6 is 0 Å². The zero-order valence-electron chi connectivity index (χ0n) is 46.3. The maximum absolute atomic E-state index is 12.7. The first-order valence-electron chi connectivity index (χ1n) is 29.1. The van der Waals surface area contributed by atoms with E-state index in [1.54, 1.807) is 4.70 Å². The van der Waals surface area contributed by atoms with E-state index in [4.69, 9.17) is 0 Å². The van der Waals surface area contributed by atoms with Gasteiger partial charge in [0.25, 0.3) is 0 Å². The van der Waals surface area contributed by atoms with E-state index in [0.29, 0.717) is 0 Å². The van der Waals surface area contributed by atoms with Crippen LogP contribution in [0, 0.1) is 25.7 Å². The molecular formula is C65H108N2Ni. The predicted octanol–water partition coefficient (Wildman–Crippen LogP) is 21.7. The van der Waals surface area contributed by atoms with Crippen LogP contribution in [-0.4, -0.2) is 4.70 Å². The molecule has 1 aliphatic heterocycles. The zero-order chi connectivity index (χ0) is 49.2. The Balaban J connectivity index is 0.00000368. The second kappa shape index (κ2) is 45.7. The quantitative estimate of drug-likeness (QED) is 0.0214. The monoisotopic (exact) mass is 975 g/mol. The molecule has 2 nitrogen and oxygen atoms in total. The van der Waals surface area contributed by atoms with Crippen molar-refractivity contribution in [2.24, 2.45) is 0 Å². The molecule has 2 aromatic carbocycles. The van der Waals surface area contributed by atoms with Crippen LogP contribution in [0.5, 0.6) is 0 Å². The van der Waals surface area contributed by atoms with Gasteiger partial charge in [-0.3, -0.25) is 0 Å². The summed E-state index contributed by atoms with van der Waals surface area (Å²) < 4.78 is 1.60. The molecule has 0 bridgehead atoms. The van der Waals surface area contributed by atoms with Crippen molar-refractivity contribution in [2.75, 3.05) is 0 Å². The molecule has 3 heteroatoms. The number of hydrogen-bond donors (Lipinski definition) is 0. The fourth-order valence-corrected chi connectivity index (χ4v) is 9.12.